The van der Waals surface area contributed by atoms with Gasteiger partial charge in [0.25, 0.3) is 0 Å². The van der Waals surface area contributed by atoms with Crippen LogP contribution in [0.25, 0.3) is 0 Å². The van der Waals surface area contributed by atoms with E-state index in [4.69, 9.17) is 4.74 Å². The van der Waals surface area contributed by atoms with Crippen LogP contribution in [0.4, 0.5) is 9.18 Å². The molecule has 1 heterocycles. The molecule has 11 heteroatoms. The molecule has 1 unspecified atom stereocenters. The Balaban J connectivity index is 2.25. The van der Waals surface area contributed by atoms with Crippen LogP contribution in [-0.2, 0) is 30.8 Å². The van der Waals surface area contributed by atoms with Crippen LogP contribution >= 0.6 is 0 Å². The van der Waals surface area contributed by atoms with Gasteiger partial charge in [-0.3, -0.25) is 4.79 Å². The maximum Gasteiger partial charge on any atom is 0.408 e. The molecule has 1 fully saturated rings. The highest BCUT2D eigenvalue weighted by atomic mass is 32.2. The van der Waals surface area contributed by atoms with Gasteiger partial charge in [0, 0.05) is 12.0 Å². The lowest BCUT2D eigenvalue weighted by Crippen LogP contribution is -2.45. The maximum atomic E-state index is 14.9. The summed E-state index contributed by atoms with van der Waals surface area (Å²) in [6, 6.07) is 2.24. The number of amides is 2. The second kappa shape index (κ2) is 8.68. The number of halogens is 1. The van der Waals surface area contributed by atoms with Crippen molar-refractivity contribution in [2.75, 3.05) is 0 Å². The molecule has 2 amide bonds. The first-order valence-electron chi connectivity index (χ1n) is 10.0. The Morgan fingerprint density at radius 3 is 2.28 bits per heavy atom. The summed E-state index contributed by atoms with van der Waals surface area (Å²) in [5.74, 6) is -2.83. The molecule has 2 N–H and O–H groups in total. The Hall–Kier alpha value is -2.69. The minimum absolute atomic E-state index is 0.166. The standard InChI is InChI=1S/C21H29FN2O7S/c1-20(2,3)24-17(25)11-16(32(24,29)30)13-8-7-12(9-14(13)22)10-15(18(26)27)23-19(28)31-21(4,5)6/h7-9,15-16H,10-11H2,1-6H3,(H,23,28)(H,26,27)/t15-,16?/m0/s1. The molecule has 0 saturated carbocycles. The quantitative estimate of drug-likeness (QED) is 0.674. The van der Waals surface area contributed by atoms with Gasteiger partial charge in [0.1, 0.15) is 22.7 Å². The van der Waals surface area contributed by atoms with E-state index in [1.807, 2.05) is 0 Å². The van der Waals surface area contributed by atoms with Gasteiger partial charge in [0.05, 0.1) is 12.0 Å². The first-order chi connectivity index (χ1) is 14.4. The van der Waals surface area contributed by atoms with Gasteiger partial charge in [-0.25, -0.2) is 26.7 Å². The zero-order valence-electron chi connectivity index (χ0n) is 18.9. The van der Waals surface area contributed by atoms with E-state index >= 15 is 0 Å². The summed E-state index contributed by atoms with van der Waals surface area (Å²) in [5, 5.41) is 10.3. The molecular weight excluding hydrogens is 443 g/mol. The lowest BCUT2D eigenvalue weighted by molar-refractivity contribution is -0.139. The van der Waals surface area contributed by atoms with Crippen molar-refractivity contribution in [2.24, 2.45) is 0 Å². The third kappa shape index (κ3) is 5.76. The average molecular weight is 473 g/mol. The SMILES string of the molecule is CC(C)(C)OC(=O)N[C@@H](Cc1ccc(C2CC(=O)N(C(C)(C)C)S2(=O)=O)c(F)c1)C(=O)O. The van der Waals surface area contributed by atoms with E-state index in [1.165, 1.54) is 12.1 Å². The summed E-state index contributed by atoms with van der Waals surface area (Å²) in [7, 11) is -4.12. The number of nitrogens with zero attached hydrogens (tertiary/aromatic N) is 1. The second-order valence-corrected chi connectivity index (χ2v) is 11.6. The van der Waals surface area contributed by atoms with Gasteiger partial charge in [0.15, 0.2) is 0 Å². The van der Waals surface area contributed by atoms with Crippen LogP contribution in [0.3, 0.4) is 0 Å². The number of nitrogens with one attached hydrogen (secondary N) is 1. The van der Waals surface area contributed by atoms with Crippen molar-refractivity contribution in [1.29, 1.82) is 0 Å². The number of sulfonamides is 1. The number of carboxylic acids is 1. The number of rotatable bonds is 5. The molecular formula is C21H29FN2O7S. The largest absolute Gasteiger partial charge is 0.480 e. The normalized spacial score (nSPS) is 19.5. The van der Waals surface area contributed by atoms with Crippen molar-refractivity contribution >= 4 is 28.0 Å². The number of ether oxygens (including phenoxy) is 1. The zero-order valence-corrected chi connectivity index (χ0v) is 19.7. The van der Waals surface area contributed by atoms with Gasteiger partial charge in [-0.05, 0) is 53.2 Å². The summed E-state index contributed by atoms with van der Waals surface area (Å²) in [5.41, 5.74) is -1.75. The zero-order chi connectivity index (χ0) is 24.6. The highest BCUT2D eigenvalue weighted by Crippen LogP contribution is 2.41. The third-order valence-corrected chi connectivity index (χ3v) is 7.05. The van der Waals surface area contributed by atoms with Crippen molar-refractivity contribution < 1.29 is 37.0 Å². The van der Waals surface area contributed by atoms with Crippen LogP contribution in [0.5, 0.6) is 0 Å². The van der Waals surface area contributed by atoms with Gasteiger partial charge in [-0.1, -0.05) is 12.1 Å². The molecule has 2 rings (SSSR count). The van der Waals surface area contributed by atoms with Crippen LogP contribution in [0.15, 0.2) is 18.2 Å². The van der Waals surface area contributed by atoms with Crippen molar-refractivity contribution in [3.8, 4) is 0 Å². The molecule has 0 aliphatic carbocycles. The summed E-state index contributed by atoms with van der Waals surface area (Å²) in [4.78, 5) is 35.8. The van der Waals surface area contributed by atoms with Gasteiger partial charge in [-0.2, -0.15) is 0 Å². The monoisotopic (exact) mass is 472 g/mol. The van der Waals surface area contributed by atoms with Gasteiger partial charge >= 0.3 is 12.1 Å². The lowest BCUT2D eigenvalue weighted by atomic mass is 10.0. The molecule has 0 bridgehead atoms. The molecule has 1 saturated heterocycles. The Morgan fingerprint density at radius 1 is 1.25 bits per heavy atom. The fourth-order valence-corrected chi connectivity index (χ4v) is 5.73. The molecule has 1 aromatic carbocycles. The van der Waals surface area contributed by atoms with E-state index in [0.717, 1.165) is 10.4 Å². The fourth-order valence-electron chi connectivity index (χ4n) is 3.49. The predicted octanol–water partition coefficient (Wildman–Crippen LogP) is 2.75. The van der Waals surface area contributed by atoms with Crippen molar-refractivity contribution in [2.45, 2.75) is 76.8 Å². The molecule has 9 nitrogen and oxygen atoms in total. The molecule has 0 aromatic heterocycles. The number of alkyl carbamates (subject to hydrolysis) is 1. The van der Waals surface area contributed by atoms with Crippen molar-refractivity contribution in [3.63, 3.8) is 0 Å². The van der Waals surface area contributed by atoms with Crippen molar-refractivity contribution in [1.82, 2.24) is 9.62 Å². The molecule has 2 atom stereocenters. The molecule has 178 valence electrons. The molecule has 0 radical (unpaired) electrons. The Bertz CT molecular complexity index is 1030. The Morgan fingerprint density at radius 2 is 1.84 bits per heavy atom. The summed E-state index contributed by atoms with van der Waals surface area (Å²) in [6.45, 7) is 9.60. The lowest BCUT2D eigenvalue weighted by Gasteiger charge is -2.30. The van der Waals surface area contributed by atoms with E-state index in [9.17, 15) is 32.3 Å². The first-order valence-corrected chi connectivity index (χ1v) is 11.5. The van der Waals surface area contributed by atoms with Crippen LogP contribution in [-0.4, -0.2) is 53.0 Å². The van der Waals surface area contributed by atoms with Crippen LogP contribution < -0.4 is 5.32 Å². The third-order valence-electron chi connectivity index (χ3n) is 4.65. The Kier molecular flexibility index (Phi) is 6.94. The number of carboxylic acid groups (broad SMARTS) is 1. The molecule has 1 aromatic rings. The predicted molar refractivity (Wildman–Crippen MR) is 114 cm³/mol. The minimum Gasteiger partial charge on any atom is -0.480 e. The minimum atomic E-state index is -4.12. The topological polar surface area (TPSA) is 130 Å². The number of carbonyl (C=O) groups excluding carboxylic acids is 2. The smallest absolute Gasteiger partial charge is 0.408 e. The van der Waals surface area contributed by atoms with Crippen LogP contribution in [0, 0.1) is 5.82 Å². The molecule has 1 aliphatic rings. The first kappa shape index (κ1) is 25.6. The fraction of sp³-hybridized carbons (Fsp3) is 0.571. The summed E-state index contributed by atoms with van der Waals surface area (Å²) >= 11 is 0. The number of aliphatic carboxylic acids is 1. The highest BCUT2D eigenvalue weighted by molar-refractivity contribution is 7.90. The van der Waals surface area contributed by atoms with Crippen LogP contribution in [0.1, 0.15) is 64.3 Å². The average Bonchev–Trinajstić information content (AvgIpc) is 2.81. The van der Waals surface area contributed by atoms with Gasteiger partial charge in [0.2, 0.25) is 15.9 Å². The molecule has 0 spiro atoms. The number of benzene rings is 1. The van der Waals surface area contributed by atoms with Crippen molar-refractivity contribution in [3.05, 3.63) is 35.1 Å². The molecule has 1 aliphatic heterocycles. The second-order valence-electron chi connectivity index (χ2n) is 9.66. The van der Waals surface area contributed by atoms with E-state index in [0.29, 0.717) is 0 Å². The van der Waals surface area contributed by atoms with Crippen LogP contribution in [0.2, 0.25) is 0 Å². The summed E-state index contributed by atoms with van der Waals surface area (Å²) in [6.07, 6.45) is -1.57. The van der Waals surface area contributed by atoms with E-state index < -0.39 is 56.2 Å². The highest BCUT2D eigenvalue weighted by Gasteiger charge is 2.50. The van der Waals surface area contributed by atoms with Gasteiger partial charge in [-0.15, -0.1) is 0 Å². The maximum absolute atomic E-state index is 14.9. The Labute approximate surface area is 187 Å². The van der Waals surface area contributed by atoms with E-state index in [1.54, 1.807) is 41.5 Å². The summed E-state index contributed by atoms with van der Waals surface area (Å²) < 4.78 is 46.5. The number of hydrogen-bond donors (Lipinski definition) is 2. The number of carbonyl (C=O) groups is 3. The van der Waals surface area contributed by atoms with E-state index in [2.05, 4.69) is 5.32 Å². The molecule has 32 heavy (non-hydrogen) atoms. The van der Waals surface area contributed by atoms with E-state index in [-0.39, 0.29) is 24.0 Å². The van der Waals surface area contributed by atoms with Gasteiger partial charge < -0.3 is 15.2 Å². The number of hydrogen-bond acceptors (Lipinski definition) is 6.